The van der Waals surface area contributed by atoms with Gasteiger partial charge in [-0.2, -0.15) is 0 Å². The second-order valence-corrected chi connectivity index (χ2v) is 5.40. The van der Waals surface area contributed by atoms with Gasteiger partial charge in [0.25, 0.3) is 5.91 Å². The highest BCUT2D eigenvalue weighted by molar-refractivity contribution is 5.81. The zero-order chi connectivity index (χ0) is 14.5. The molecule has 2 rings (SSSR count). The molecular formula is C16H23NO3. The number of benzene rings is 1. The minimum Gasteiger partial charge on any atom is -0.396 e. The normalized spacial score (nSPS) is 23.6. The summed E-state index contributed by atoms with van der Waals surface area (Å²) in [5, 5.41) is 9.27. The van der Waals surface area contributed by atoms with Crippen molar-refractivity contribution in [1.82, 2.24) is 4.90 Å². The first-order chi connectivity index (χ1) is 9.63. The maximum absolute atomic E-state index is 12.5. The van der Waals surface area contributed by atoms with Crippen LogP contribution < -0.4 is 0 Å². The van der Waals surface area contributed by atoms with Gasteiger partial charge in [-0.05, 0) is 31.7 Å². The lowest BCUT2D eigenvalue weighted by Crippen LogP contribution is -2.39. The van der Waals surface area contributed by atoms with Crippen LogP contribution in [0.15, 0.2) is 30.3 Å². The molecule has 0 spiro atoms. The number of carbonyl (C=O) groups is 1. The number of likely N-dealkylation sites (N-methyl/N-ethyl adjacent to an activating group) is 1. The molecule has 3 unspecified atom stereocenters. The fourth-order valence-corrected chi connectivity index (χ4v) is 2.75. The van der Waals surface area contributed by atoms with E-state index in [4.69, 9.17) is 4.74 Å². The molecule has 0 radical (unpaired) electrons. The van der Waals surface area contributed by atoms with Crippen molar-refractivity contribution >= 4 is 5.91 Å². The van der Waals surface area contributed by atoms with Crippen LogP contribution in [0.2, 0.25) is 0 Å². The van der Waals surface area contributed by atoms with Crippen LogP contribution in [0.3, 0.4) is 0 Å². The third-order valence-electron chi connectivity index (χ3n) is 3.91. The third-order valence-corrected chi connectivity index (χ3v) is 3.91. The van der Waals surface area contributed by atoms with Crippen molar-refractivity contribution in [2.45, 2.75) is 44.4 Å². The molecule has 110 valence electrons. The molecule has 0 aromatic heterocycles. The summed E-state index contributed by atoms with van der Waals surface area (Å²) in [7, 11) is 1.79. The van der Waals surface area contributed by atoms with Gasteiger partial charge in [0.15, 0.2) is 0 Å². The molecule has 1 aromatic rings. The first-order valence-electron chi connectivity index (χ1n) is 7.21. The molecule has 1 N–H and O–H groups in total. The molecule has 1 saturated heterocycles. The Morgan fingerprint density at radius 3 is 2.65 bits per heavy atom. The summed E-state index contributed by atoms with van der Waals surface area (Å²) < 4.78 is 5.65. The topological polar surface area (TPSA) is 49.8 Å². The number of hydrogen-bond donors (Lipinski definition) is 1. The Kier molecular flexibility index (Phi) is 5.15. The van der Waals surface area contributed by atoms with Crippen LogP contribution in [0.25, 0.3) is 0 Å². The van der Waals surface area contributed by atoms with E-state index in [0.717, 1.165) is 18.4 Å². The van der Waals surface area contributed by atoms with Crippen LogP contribution in [0.5, 0.6) is 0 Å². The van der Waals surface area contributed by atoms with E-state index < -0.39 is 0 Å². The Bertz CT molecular complexity index is 435. The number of aliphatic hydroxyl groups is 1. The summed E-state index contributed by atoms with van der Waals surface area (Å²) in [4.78, 5) is 14.2. The largest absolute Gasteiger partial charge is 0.396 e. The van der Waals surface area contributed by atoms with Gasteiger partial charge in [-0.3, -0.25) is 4.79 Å². The van der Waals surface area contributed by atoms with Gasteiger partial charge >= 0.3 is 0 Å². The van der Waals surface area contributed by atoms with Gasteiger partial charge in [0.05, 0.1) is 12.1 Å². The Morgan fingerprint density at radius 1 is 1.40 bits per heavy atom. The van der Waals surface area contributed by atoms with E-state index in [-0.39, 0.29) is 30.8 Å². The molecule has 0 saturated carbocycles. The van der Waals surface area contributed by atoms with Gasteiger partial charge < -0.3 is 14.7 Å². The lowest BCUT2D eigenvalue weighted by molar-refractivity contribution is -0.143. The van der Waals surface area contributed by atoms with E-state index >= 15 is 0 Å². The minimum absolute atomic E-state index is 0.0108. The quantitative estimate of drug-likeness (QED) is 0.897. The van der Waals surface area contributed by atoms with Gasteiger partial charge in [-0.25, -0.2) is 0 Å². The predicted molar refractivity (Wildman–Crippen MR) is 77.2 cm³/mol. The van der Waals surface area contributed by atoms with Gasteiger partial charge in [-0.1, -0.05) is 30.3 Å². The van der Waals surface area contributed by atoms with Crippen molar-refractivity contribution in [3.63, 3.8) is 0 Å². The summed E-state index contributed by atoms with van der Waals surface area (Å²) in [5.41, 5.74) is 1.04. The number of amides is 1. The standard InChI is InChI=1S/C16H23NO3/c1-12-8-9-15(20-12)16(19)17(2)14(10-11-18)13-6-4-3-5-7-13/h3-7,12,14-15,18H,8-11H2,1-2H3. The minimum atomic E-state index is -0.333. The van der Waals surface area contributed by atoms with Crippen molar-refractivity contribution in [1.29, 1.82) is 0 Å². The average Bonchev–Trinajstić information content (AvgIpc) is 2.91. The van der Waals surface area contributed by atoms with E-state index in [2.05, 4.69) is 0 Å². The van der Waals surface area contributed by atoms with Crippen LogP contribution in [0.1, 0.15) is 37.8 Å². The number of hydrogen-bond acceptors (Lipinski definition) is 3. The van der Waals surface area contributed by atoms with Crippen LogP contribution in [0.4, 0.5) is 0 Å². The molecule has 0 aliphatic carbocycles. The van der Waals surface area contributed by atoms with E-state index in [9.17, 15) is 9.90 Å². The van der Waals surface area contributed by atoms with Crippen molar-refractivity contribution < 1.29 is 14.6 Å². The Balaban J connectivity index is 2.10. The van der Waals surface area contributed by atoms with Crippen molar-refractivity contribution in [2.24, 2.45) is 0 Å². The molecule has 20 heavy (non-hydrogen) atoms. The third kappa shape index (κ3) is 3.38. The average molecular weight is 277 g/mol. The summed E-state index contributed by atoms with van der Waals surface area (Å²) in [6.07, 6.45) is 2.07. The van der Waals surface area contributed by atoms with E-state index in [1.165, 1.54) is 0 Å². The number of nitrogens with zero attached hydrogens (tertiary/aromatic N) is 1. The van der Waals surface area contributed by atoms with Crippen molar-refractivity contribution in [3.05, 3.63) is 35.9 Å². The maximum atomic E-state index is 12.5. The van der Waals surface area contributed by atoms with E-state index in [1.807, 2.05) is 37.3 Å². The Morgan fingerprint density at radius 2 is 2.10 bits per heavy atom. The molecule has 3 atom stereocenters. The number of aliphatic hydroxyl groups excluding tert-OH is 1. The zero-order valence-corrected chi connectivity index (χ0v) is 12.2. The second kappa shape index (κ2) is 6.86. The molecule has 1 aliphatic heterocycles. The first-order valence-corrected chi connectivity index (χ1v) is 7.21. The molecule has 1 amide bonds. The van der Waals surface area contributed by atoms with Gasteiger partial charge in [0, 0.05) is 13.7 Å². The summed E-state index contributed by atoms with van der Waals surface area (Å²) in [5.74, 6) is 0.0108. The molecule has 0 bridgehead atoms. The van der Waals surface area contributed by atoms with Crippen molar-refractivity contribution in [3.8, 4) is 0 Å². The number of carbonyl (C=O) groups excluding carboxylic acids is 1. The molecule has 1 aromatic carbocycles. The van der Waals surface area contributed by atoms with Crippen LogP contribution in [-0.2, 0) is 9.53 Å². The fraction of sp³-hybridized carbons (Fsp3) is 0.562. The lowest BCUT2D eigenvalue weighted by Gasteiger charge is -2.30. The number of rotatable bonds is 5. The molecule has 4 heteroatoms. The van der Waals surface area contributed by atoms with Crippen LogP contribution in [-0.4, -0.2) is 41.8 Å². The van der Waals surface area contributed by atoms with Gasteiger partial charge in [0.2, 0.25) is 0 Å². The predicted octanol–water partition coefficient (Wildman–Crippen LogP) is 2.14. The molecule has 1 aliphatic rings. The Labute approximate surface area is 120 Å². The maximum Gasteiger partial charge on any atom is 0.251 e. The molecular weight excluding hydrogens is 254 g/mol. The van der Waals surface area contributed by atoms with Gasteiger partial charge in [-0.15, -0.1) is 0 Å². The van der Waals surface area contributed by atoms with E-state index in [0.29, 0.717) is 6.42 Å². The monoisotopic (exact) mass is 277 g/mol. The van der Waals surface area contributed by atoms with Gasteiger partial charge in [0.1, 0.15) is 6.10 Å². The zero-order valence-electron chi connectivity index (χ0n) is 12.2. The summed E-state index contributed by atoms with van der Waals surface area (Å²) in [6, 6.07) is 9.72. The number of ether oxygens (including phenoxy) is 1. The van der Waals surface area contributed by atoms with Crippen LogP contribution in [0, 0.1) is 0 Å². The van der Waals surface area contributed by atoms with Crippen LogP contribution >= 0.6 is 0 Å². The lowest BCUT2D eigenvalue weighted by atomic mass is 10.0. The van der Waals surface area contributed by atoms with Crippen molar-refractivity contribution in [2.75, 3.05) is 13.7 Å². The fourth-order valence-electron chi connectivity index (χ4n) is 2.75. The molecule has 1 fully saturated rings. The highest BCUT2D eigenvalue weighted by Gasteiger charge is 2.33. The highest BCUT2D eigenvalue weighted by Crippen LogP contribution is 2.27. The van der Waals surface area contributed by atoms with E-state index in [1.54, 1.807) is 11.9 Å². The second-order valence-electron chi connectivity index (χ2n) is 5.40. The SMILES string of the molecule is CC1CCC(C(=O)N(C)C(CCO)c2ccccc2)O1. The smallest absolute Gasteiger partial charge is 0.251 e. The summed E-state index contributed by atoms with van der Waals surface area (Å²) >= 11 is 0. The Hall–Kier alpha value is -1.39. The first kappa shape index (κ1) is 15.0. The summed E-state index contributed by atoms with van der Waals surface area (Å²) in [6.45, 7) is 2.05. The molecule has 4 nitrogen and oxygen atoms in total. The highest BCUT2D eigenvalue weighted by atomic mass is 16.5. The molecule has 1 heterocycles.